The predicted molar refractivity (Wildman–Crippen MR) is 52.3 cm³/mol. The highest BCUT2D eigenvalue weighted by Crippen LogP contribution is 2.25. The van der Waals surface area contributed by atoms with Gasteiger partial charge in [0.1, 0.15) is 11.9 Å². The molecule has 0 radical (unpaired) electrons. The van der Waals surface area contributed by atoms with Crippen molar-refractivity contribution in [3.05, 3.63) is 34.6 Å². The highest BCUT2D eigenvalue weighted by atomic mass is 35.5. The van der Waals surface area contributed by atoms with Crippen LogP contribution in [0.4, 0.5) is 17.6 Å². The van der Waals surface area contributed by atoms with Gasteiger partial charge in [0.15, 0.2) is 0 Å². The minimum absolute atomic E-state index is 0.0514. The van der Waals surface area contributed by atoms with Crippen LogP contribution in [0.3, 0.4) is 0 Å². The van der Waals surface area contributed by atoms with Crippen molar-refractivity contribution in [2.45, 2.75) is 18.6 Å². The van der Waals surface area contributed by atoms with Gasteiger partial charge in [-0.05, 0) is 24.1 Å². The smallest absolute Gasteiger partial charge is 0.271 e. The van der Waals surface area contributed by atoms with Gasteiger partial charge in [-0.3, -0.25) is 5.84 Å². The fourth-order valence-electron chi connectivity index (χ4n) is 1.18. The number of hydrogen-bond donors (Lipinski definition) is 2. The maximum atomic E-state index is 12.7. The first-order valence-electron chi connectivity index (χ1n) is 4.31. The predicted octanol–water partition coefficient (Wildman–Crippen LogP) is 2.42. The van der Waals surface area contributed by atoms with E-state index in [1.807, 2.05) is 0 Å². The lowest BCUT2D eigenvalue weighted by molar-refractivity contribution is -0.155. The zero-order chi connectivity index (χ0) is 12.3. The Kier molecular flexibility index (Phi) is 4.12. The SMILES string of the molecule is NNC(Cc1ccc(F)cc1Cl)C(F)(F)F. The van der Waals surface area contributed by atoms with Crippen LogP contribution in [0, 0.1) is 5.82 Å². The summed E-state index contributed by atoms with van der Waals surface area (Å²) in [6.45, 7) is 0. The molecule has 0 heterocycles. The molecule has 0 amide bonds. The molecule has 16 heavy (non-hydrogen) atoms. The molecule has 0 spiro atoms. The Hall–Kier alpha value is -0.850. The van der Waals surface area contributed by atoms with Crippen molar-refractivity contribution in [3.8, 4) is 0 Å². The van der Waals surface area contributed by atoms with E-state index in [-0.39, 0.29) is 10.6 Å². The van der Waals surface area contributed by atoms with Gasteiger partial charge in [0.25, 0.3) is 0 Å². The van der Waals surface area contributed by atoms with E-state index in [9.17, 15) is 17.6 Å². The summed E-state index contributed by atoms with van der Waals surface area (Å²) in [5, 5.41) is -0.0514. The summed E-state index contributed by atoms with van der Waals surface area (Å²) in [7, 11) is 0. The van der Waals surface area contributed by atoms with Gasteiger partial charge < -0.3 is 0 Å². The van der Waals surface area contributed by atoms with Crippen molar-refractivity contribution in [3.63, 3.8) is 0 Å². The largest absolute Gasteiger partial charge is 0.405 e. The molecule has 1 rings (SSSR count). The van der Waals surface area contributed by atoms with Gasteiger partial charge >= 0.3 is 6.18 Å². The maximum Gasteiger partial charge on any atom is 0.405 e. The summed E-state index contributed by atoms with van der Waals surface area (Å²) in [5.74, 6) is 4.20. The molecule has 0 saturated carbocycles. The second kappa shape index (κ2) is 4.99. The van der Waals surface area contributed by atoms with Crippen molar-refractivity contribution in [2.24, 2.45) is 5.84 Å². The van der Waals surface area contributed by atoms with Crippen LogP contribution in [0.1, 0.15) is 5.56 Å². The van der Waals surface area contributed by atoms with Gasteiger partial charge in [0.05, 0.1) is 0 Å². The average molecular weight is 257 g/mol. The maximum absolute atomic E-state index is 12.7. The van der Waals surface area contributed by atoms with E-state index >= 15 is 0 Å². The summed E-state index contributed by atoms with van der Waals surface area (Å²) in [6.07, 6.45) is -4.93. The van der Waals surface area contributed by atoms with Gasteiger partial charge in [-0.2, -0.15) is 13.2 Å². The normalized spacial score (nSPS) is 13.9. The third-order valence-corrected chi connectivity index (χ3v) is 2.39. The van der Waals surface area contributed by atoms with E-state index in [1.54, 1.807) is 5.43 Å². The lowest BCUT2D eigenvalue weighted by Crippen LogP contribution is -2.47. The fraction of sp³-hybridized carbons (Fsp3) is 0.333. The Balaban J connectivity index is 2.86. The van der Waals surface area contributed by atoms with Crippen molar-refractivity contribution in [2.75, 3.05) is 0 Å². The topological polar surface area (TPSA) is 38.0 Å². The lowest BCUT2D eigenvalue weighted by Gasteiger charge is -2.19. The molecule has 0 fully saturated rings. The summed E-state index contributed by atoms with van der Waals surface area (Å²) in [4.78, 5) is 0. The number of benzene rings is 1. The van der Waals surface area contributed by atoms with Gasteiger partial charge in [0, 0.05) is 5.02 Å². The van der Waals surface area contributed by atoms with Gasteiger partial charge in [0.2, 0.25) is 0 Å². The molecule has 90 valence electrons. The molecular formula is C9H9ClF4N2. The number of nitrogens with two attached hydrogens (primary N) is 1. The molecule has 1 atom stereocenters. The lowest BCUT2D eigenvalue weighted by atomic mass is 10.1. The number of hydrazine groups is 1. The highest BCUT2D eigenvalue weighted by molar-refractivity contribution is 6.31. The summed E-state index contributed by atoms with van der Waals surface area (Å²) in [6, 6.07) is 1.30. The van der Waals surface area contributed by atoms with Crippen molar-refractivity contribution >= 4 is 11.6 Å². The zero-order valence-corrected chi connectivity index (χ0v) is 8.74. The monoisotopic (exact) mass is 256 g/mol. The van der Waals surface area contributed by atoms with E-state index in [4.69, 9.17) is 17.4 Å². The van der Waals surface area contributed by atoms with Crippen LogP contribution < -0.4 is 11.3 Å². The number of rotatable bonds is 3. The fourth-order valence-corrected chi connectivity index (χ4v) is 1.42. The molecule has 0 aliphatic rings. The molecule has 1 aromatic carbocycles. The van der Waals surface area contributed by atoms with Crippen LogP contribution in [0.25, 0.3) is 0 Å². The van der Waals surface area contributed by atoms with E-state index in [0.29, 0.717) is 0 Å². The Morgan fingerprint density at radius 3 is 2.44 bits per heavy atom. The second-order valence-corrected chi connectivity index (χ2v) is 3.61. The molecule has 3 N–H and O–H groups in total. The van der Waals surface area contributed by atoms with Gasteiger partial charge in [-0.25, -0.2) is 9.82 Å². The first-order valence-corrected chi connectivity index (χ1v) is 4.69. The quantitative estimate of drug-likeness (QED) is 0.495. The van der Waals surface area contributed by atoms with Crippen molar-refractivity contribution < 1.29 is 17.6 Å². The molecular weight excluding hydrogens is 248 g/mol. The second-order valence-electron chi connectivity index (χ2n) is 3.20. The van der Waals surface area contributed by atoms with Crippen LogP contribution in [-0.4, -0.2) is 12.2 Å². The van der Waals surface area contributed by atoms with E-state index in [2.05, 4.69) is 0 Å². The Labute approximate surface area is 94.4 Å². The molecule has 0 aromatic heterocycles. The number of nitrogens with one attached hydrogen (secondary N) is 1. The Bertz CT molecular complexity index is 367. The molecule has 0 saturated heterocycles. The Morgan fingerprint density at radius 1 is 1.38 bits per heavy atom. The minimum atomic E-state index is -4.48. The van der Waals surface area contributed by atoms with E-state index in [1.165, 1.54) is 6.07 Å². The summed E-state index contributed by atoms with van der Waals surface area (Å²) >= 11 is 5.60. The highest BCUT2D eigenvalue weighted by Gasteiger charge is 2.39. The van der Waals surface area contributed by atoms with Crippen molar-refractivity contribution in [1.29, 1.82) is 0 Å². The minimum Gasteiger partial charge on any atom is -0.271 e. The molecule has 0 aliphatic carbocycles. The molecule has 0 bridgehead atoms. The van der Waals surface area contributed by atoms with Crippen LogP contribution in [0.2, 0.25) is 5.02 Å². The summed E-state index contributed by atoms with van der Waals surface area (Å²) in [5.41, 5.74) is 1.84. The standard InChI is InChI=1S/C9H9ClF4N2/c10-7-4-6(11)2-1-5(7)3-8(16-15)9(12,13)14/h1-2,4,8,16H,3,15H2. The number of halogens is 5. The number of hydrogen-bond acceptors (Lipinski definition) is 2. The van der Waals surface area contributed by atoms with Gasteiger partial charge in [-0.1, -0.05) is 17.7 Å². The zero-order valence-electron chi connectivity index (χ0n) is 7.98. The Morgan fingerprint density at radius 2 is 2.00 bits per heavy atom. The van der Waals surface area contributed by atoms with Crippen LogP contribution in [0.5, 0.6) is 0 Å². The molecule has 0 aliphatic heterocycles. The molecule has 1 unspecified atom stereocenters. The van der Waals surface area contributed by atoms with E-state index < -0.39 is 24.5 Å². The summed E-state index contributed by atoms with van der Waals surface area (Å²) < 4.78 is 49.7. The van der Waals surface area contributed by atoms with E-state index in [0.717, 1.165) is 12.1 Å². The number of alkyl halides is 3. The molecule has 7 heteroatoms. The first kappa shape index (κ1) is 13.2. The average Bonchev–Trinajstić information content (AvgIpc) is 2.14. The molecule has 2 nitrogen and oxygen atoms in total. The van der Waals surface area contributed by atoms with Crippen molar-refractivity contribution in [1.82, 2.24) is 5.43 Å². The van der Waals surface area contributed by atoms with Crippen LogP contribution >= 0.6 is 11.6 Å². The third kappa shape index (κ3) is 3.33. The van der Waals surface area contributed by atoms with Gasteiger partial charge in [-0.15, -0.1) is 0 Å². The third-order valence-electron chi connectivity index (χ3n) is 2.04. The first-order chi connectivity index (χ1) is 7.34. The van der Waals surface area contributed by atoms with Crippen LogP contribution in [0.15, 0.2) is 18.2 Å². The van der Waals surface area contributed by atoms with Crippen LogP contribution in [-0.2, 0) is 6.42 Å². The molecule has 1 aromatic rings.